The normalized spacial score (nSPS) is 11.9. The molecule has 1 amide bonds. The number of rotatable bonds is 3. The van der Waals surface area contributed by atoms with Crippen LogP contribution in [0.2, 0.25) is 5.02 Å². The van der Waals surface area contributed by atoms with Gasteiger partial charge >= 0.3 is 0 Å². The molecule has 1 atom stereocenters. The number of hydrogen-bond acceptors (Lipinski definition) is 3. The summed E-state index contributed by atoms with van der Waals surface area (Å²) in [5, 5.41) is 12.5. The van der Waals surface area contributed by atoms with Crippen molar-refractivity contribution in [1.82, 2.24) is 14.9 Å². The van der Waals surface area contributed by atoms with Gasteiger partial charge < -0.3 is 9.88 Å². The first-order valence-electron chi connectivity index (χ1n) is 6.95. The van der Waals surface area contributed by atoms with E-state index in [2.05, 4.69) is 16.4 Å². The number of nitrogens with one attached hydrogen (secondary N) is 1. The van der Waals surface area contributed by atoms with Crippen LogP contribution in [0.5, 0.6) is 0 Å². The van der Waals surface area contributed by atoms with Crippen molar-refractivity contribution in [2.24, 2.45) is 7.05 Å². The van der Waals surface area contributed by atoms with Crippen molar-refractivity contribution in [2.45, 2.75) is 6.04 Å². The lowest BCUT2D eigenvalue weighted by Gasteiger charge is -2.12. The van der Waals surface area contributed by atoms with Gasteiger partial charge in [0.05, 0.1) is 23.4 Å². The Balaban J connectivity index is 1.85. The maximum absolute atomic E-state index is 12.4. The van der Waals surface area contributed by atoms with Crippen LogP contribution < -0.4 is 5.32 Å². The van der Waals surface area contributed by atoms with Crippen LogP contribution in [-0.4, -0.2) is 15.5 Å². The van der Waals surface area contributed by atoms with Gasteiger partial charge in [0.15, 0.2) is 0 Å². The minimum Gasteiger partial charge on any atom is -0.334 e. The molecule has 0 bridgehead atoms. The van der Waals surface area contributed by atoms with Gasteiger partial charge in [0.2, 0.25) is 0 Å². The molecule has 23 heavy (non-hydrogen) atoms. The molecular formula is C17H13ClN4O. The second-order valence-corrected chi connectivity index (χ2v) is 5.59. The predicted octanol–water partition coefficient (Wildman–Crippen LogP) is 3.22. The standard InChI is InChI=1S/C17H13ClN4O/c1-22-10-20-14-8-12(5-6-16(14)22)17(23)21-15(9-19)11-3-2-4-13(18)7-11/h2-8,10,15H,1H3,(H,21,23). The van der Waals surface area contributed by atoms with Crippen LogP contribution in [0, 0.1) is 11.3 Å². The molecular weight excluding hydrogens is 312 g/mol. The number of nitrogens with zero attached hydrogens (tertiary/aromatic N) is 3. The summed E-state index contributed by atoms with van der Waals surface area (Å²) < 4.78 is 1.88. The second-order valence-electron chi connectivity index (χ2n) is 5.15. The van der Waals surface area contributed by atoms with Gasteiger partial charge in [0, 0.05) is 17.6 Å². The Morgan fingerprint density at radius 3 is 2.91 bits per heavy atom. The fourth-order valence-corrected chi connectivity index (χ4v) is 2.57. The summed E-state index contributed by atoms with van der Waals surface area (Å²) in [7, 11) is 1.89. The van der Waals surface area contributed by atoms with E-state index in [0.717, 1.165) is 11.0 Å². The van der Waals surface area contributed by atoms with Crippen LogP contribution in [0.15, 0.2) is 48.8 Å². The van der Waals surface area contributed by atoms with Gasteiger partial charge in [-0.15, -0.1) is 0 Å². The number of hydrogen-bond donors (Lipinski definition) is 1. The van der Waals surface area contributed by atoms with E-state index in [1.807, 2.05) is 17.7 Å². The molecule has 3 rings (SSSR count). The van der Waals surface area contributed by atoms with Gasteiger partial charge in [0.25, 0.3) is 5.91 Å². The lowest BCUT2D eigenvalue weighted by Crippen LogP contribution is -2.27. The third-order valence-electron chi connectivity index (χ3n) is 3.57. The number of halogens is 1. The number of aryl methyl sites for hydroxylation is 1. The summed E-state index contributed by atoms with van der Waals surface area (Å²) in [4.78, 5) is 16.6. The van der Waals surface area contributed by atoms with Crippen molar-refractivity contribution in [3.8, 4) is 6.07 Å². The molecule has 1 N–H and O–H groups in total. The van der Waals surface area contributed by atoms with Crippen LogP contribution in [0.4, 0.5) is 0 Å². The fourth-order valence-electron chi connectivity index (χ4n) is 2.37. The molecule has 0 fully saturated rings. The highest BCUT2D eigenvalue weighted by atomic mass is 35.5. The van der Waals surface area contributed by atoms with Gasteiger partial charge in [-0.3, -0.25) is 4.79 Å². The first kappa shape index (κ1) is 15.1. The van der Waals surface area contributed by atoms with Gasteiger partial charge in [0.1, 0.15) is 6.04 Å². The van der Waals surface area contributed by atoms with Gasteiger partial charge in [-0.25, -0.2) is 4.98 Å². The molecule has 0 radical (unpaired) electrons. The van der Waals surface area contributed by atoms with Crippen molar-refractivity contribution in [1.29, 1.82) is 5.26 Å². The zero-order valence-corrected chi connectivity index (χ0v) is 13.1. The molecule has 5 nitrogen and oxygen atoms in total. The smallest absolute Gasteiger partial charge is 0.252 e. The lowest BCUT2D eigenvalue weighted by molar-refractivity contribution is 0.0945. The first-order chi connectivity index (χ1) is 11.1. The van der Waals surface area contributed by atoms with Crippen molar-refractivity contribution < 1.29 is 4.79 Å². The Hall–Kier alpha value is -2.84. The predicted molar refractivity (Wildman–Crippen MR) is 88.0 cm³/mol. The molecule has 0 aliphatic heterocycles. The molecule has 0 aliphatic carbocycles. The Kier molecular flexibility index (Phi) is 4.00. The van der Waals surface area contributed by atoms with Gasteiger partial charge in [-0.05, 0) is 35.9 Å². The number of carbonyl (C=O) groups is 1. The highest BCUT2D eigenvalue weighted by Crippen LogP contribution is 2.19. The Labute approximate surface area is 138 Å². The Morgan fingerprint density at radius 2 is 2.17 bits per heavy atom. The SMILES string of the molecule is Cn1cnc2cc(C(=O)NC(C#N)c3cccc(Cl)c3)ccc21. The number of fused-ring (bicyclic) bond motifs is 1. The maximum atomic E-state index is 12.4. The largest absolute Gasteiger partial charge is 0.334 e. The maximum Gasteiger partial charge on any atom is 0.252 e. The molecule has 114 valence electrons. The molecule has 0 saturated heterocycles. The highest BCUT2D eigenvalue weighted by Gasteiger charge is 2.16. The van der Waals surface area contributed by atoms with E-state index in [-0.39, 0.29) is 5.91 Å². The second kappa shape index (κ2) is 6.11. The number of nitriles is 1. The Bertz CT molecular complexity index is 926. The average Bonchev–Trinajstić information content (AvgIpc) is 2.93. The molecule has 2 aromatic carbocycles. The number of imidazole rings is 1. The van der Waals surface area contributed by atoms with Crippen LogP contribution in [-0.2, 0) is 7.05 Å². The number of carbonyl (C=O) groups excluding carboxylic acids is 1. The van der Waals surface area contributed by atoms with E-state index >= 15 is 0 Å². The van der Waals surface area contributed by atoms with Crippen molar-refractivity contribution >= 4 is 28.5 Å². The van der Waals surface area contributed by atoms with Gasteiger partial charge in [-0.1, -0.05) is 23.7 Å². The number of aromatic nitrogens is 2. The zero-order valence-electron chi connectivity index (χ0n) is 12.3. The van der Waals surface area contributed by atoms with E-state index in [1.165, 1.54) is 0 Å². The molecule has 1 heterocycles. The first-order valence-corrected chi connectivity index (χ1v) is 7.33. The van der Waals surface area contributed by atoms with E-state index in [1.54, 1.807) is 42.7 Å². The molecule has 1 unspecified atom stereocenters. The third-order valence-corrected chi connectivity index (χ3v) is 3.81. The summed E-state index contributed by atoms with van der Waals surface area (Å²) in [6.45, 7) is 0. The quantitative estimate of drug-likeness (QED) is 0.804. The minimum atomic E-state index is -0.763. The van der Waals surface area contributed by atoms with E-state index in [9.17, 15) is 10.1 Å². The highest BCUT2D eigenvalue weighted by molar-refractivity contribution is 6.30. The third kappa shape index (κ3) is 3.03. The van der Waals surface area contributed by atoms with Crippen molar-refractivity contribution in [3.63, 3.8) is 0 Å². The lowest BCUT2D eigenvalue weighted by atomic mass is 10.1. The summed E-state index contributed by atoms with van der Waals surface area (Å²) in [5.74, 6) is -0.330. The molecule has 0 spiro atoms. The number of amides is 1. The molecule has 1 aromatic heterocycles. The van der Waals surface area contributed by atoms with Crippen LogP contribution in [0.3, 0.4) is 0 Å². The van der Waals surface area contributed by atoms with Crippen LogP contribution in [0.1, 0.15) is 22.0 Å². The Morgan fingerprint density at radius 1 is 1.35 bits per heavy atom. The van der Waals surface area contributed by atoms with Crippen LogP contribution >= 0.6 is 11.6 Å². The fraction of sp³-hybridized carbons (Fsp3) is 0.118. The van der Waals surface area contributed by atoms with E-state index in [4.69, 9.17) is 11.6 Å². The minimum absolute atomic E-state index is 0.330. The summed E-state index contributed by atoms with van der Waals surface area (Å²) in [6, 6.07) is 13.4. The topological polar surface area (TPSA) is 70.7 Å². The monoisotopic (exact) mass is 324 g/mol. The van der Waals surface area contributed by atoms with E-state index in [0.29, 0.717) is 16.1 Å². The summed E-state index contributed by atoms with van der Waals surface area (Å²) >= 11 is 5.93. The summed E-state index contributed by atoms with van der Waals surface area (Å²) in [6.07, 6.45) is 1.69. The van der Waals surface area contributed by atoms with Crippen molar-refractivity contribution in [3.05, 3.63) is 64.9 Å². The molecule has 3 aromatic rings. The molecule has 6 heteroatoms. The van der Waals surface area contributed by atoms with E-state index < -0.39 is 6.04 Å². The zero-order chi connectivity index (χ0) is 16.4. The average molecular weight is 325 g/mol. The summed E-state index contributed by atoms with van der Waals surface area (Å²) in [5.41, 5.74) is 2.77. The number of benzene rings is 2. The van der Waals surface area contributed by atoms with Crippen LogP contribution in [0.25, 0.3) is 11.0 Å². The van der Waals surface area contributed by atoms with Gasteiger partial charge in [-0.2, -0.15) is 5.26 Å². The molecule has 0 saturated carbocycles. The molecule has 0 aliphatic rings. The van der Waals surface area contributed by atoms with Crippen molar-refractivity contribution in [2.75, 3.05) is 0 Å².